The van der Waals surface area contributed by atoms with Crippen LogP contribution in [-0.4, -0.2) is 51.0 Å². The molecule has 1 heterocycles. The van der Waals surface area contributed by atoms with Crippen molar-refractivity contribution in [3.05, 3.63) is 29.3 Å². The Morgan fingerprint density at radius 3 is 2.61 bits per heavy atom. The first kappa shape index (κ1) is 19.9. The zero-order valence-corrected chi connectivity index (χ0v) is 17.5. The third-order valence-electron chi connectivity index (χ3n) is 6.86. The van der Waals surface area contributed by atoms with Crippen LogP contribution in [0.1, 0.15) is 48.5 Å². The van der Waals surface area contributed by atoms with Crippen molar-refractivity contribution in [1.29, 1.82) is 0 Å². The number of morpholine rings is 1. The minimum Gasteiger partial charge on any atom is -0.379 e. The van der Waals surface area contributed by atoms with Gasteiger partial charge in [-0.1, -0.05) is 12.5 Å². The van der Waals surface area contributed by atoms with Gasteiger partial charge in [0, 0.05) is 24.7 Å². The topological polar surface area (TPSA) is 75.7 Å². The number of nitrogens with one attached hydrogen (secondary N) is 1. The minimum absolute atomic E-state index is 0.113. The van der Waals surface area contributed by atoms with Crippen molar-refractivity contribution in [2.45, 2.75) is 50.5 Å². The number of hydrogen-bond donors (Lipinski definition) is 1. The van der Waals surface area contributed by atoms with Crippen LogP contribution in [0.5, 0.6) is 0 Å². The molecule has 7 heteroatoms. The van der Waals surface area contributed by atoms with Gasteiger partial charge in [0.25, 0.3) is 5.91 Å². The molecule has 1 aromatic rings. The Morgan fingerprint density at radius 2 is 1.96 bits per heavy atom. The third-order valence-corrected chi connectivity index (χ3v) is 8.75. The van der Waals surface area contributed by atoms with E-state index in [-0.39, 0.29) is 16.8 Å². The van der Waals surface area contributed by atoms with Gasteiger partial charge in [0.05, 0.1) is 18.1 Å². The highest BCUT2D eigenvalue weighted by Gasteiger charge is 2.42. The Labute approximate surface area is 167 Å². The molecule has 28 heavy (non-hydrogen) atoms. The largest absolute Gasteiger partial charge is 0.379 e. The molecule has 1 N–H and O–H groups in total. The van der Waals surface area contributed by atoms with Crippen molar-refractivity contribution in [2.75, 3.05) is 26.3 Å². The Kier molecular flexibility index (Phi) is 5.51. The maximum Gasteiger partial charge on any atom is 0.251 e. The summed E-state index contributed by atoms with van der Waals surface area (Å²) in [5.41, 5.74) is 1.24. The fraction of sp³-hybridized carbons (Fsp3) is 0.667. The molecule has 2 aliphatic carbocycles. The van der Waals surface area contributed by atoms with Crippen LogP contribution in [0.15, 0.2) is 23.1 Å². The second-order valence-electron chi connectivity index (χ2n) is 8.59. The molecule has 4 atom stereocenters. The molecular formula is C21H30N2O4S. The highest BCUT2D eigenvalue weighted by Crippen LogP contribution is 2.49. The number of benzene rings is 1. The molecule has 1 amide bonds. The van der Waals surface area contributed by atoms with Gasteiger partial charge in [-0.25, -0.2) is 8.42 Å². The van der Waals surface area contributed by atoms with Gasteiger partial charge in [-0.05, 0) is 68.6 Å². The van der Waals surface area contributed by atoms with Crippen molar-refractivity contribution < 1.29 is 17.9 Å². The molecule has 3 fully saturated rings. The van der Waals surface area contributed by atoms with E-state index in [1.807, 2.05) is 6.92 Å². The molecule has 0 unspecified atom stereocenters. The maximum absolute atomic E-state index is 13.0. The molecule has 2 saturated carbocycles. The predicted octanol–water partition coefficient (Wildman–Crippen LogP) is 2.57. The summed E-state index contributed by atoms with van der Waals surface area (Å²) in [6, 6.07) is 4.96. The van der Waals surface area contributed by atoms with E-state index in [1.165, 1.54) is 36.1 Å². The van der Waals surface area contributed by atoms with Gasteiger partial charge in [-0.2, -0.15) is 4.31 Å². The van der Waals surface area contributed by atoms with E-state index in [0.717, 1.165) is 17.4 Å². The summed E-state index contributed by atoms with van der Waals surface area (Å²) in [5.74, 6) is 1.93. The predicted molar refractivity (Wildman–Crippen MR) is 107 cm³/mol. The number of ether oxygens (including phenoxy) is 1. The number of amides is 1. The molecule has 0 spiro atoms. The monoisotopic (exact) mass is 406 g/mol. The molecule has 3 aliphatic rings. The molecule has 0 aromatic heterocycles. The van der Waals surface area contributed by atoms with Crippen LogP contribution >= 0.6 is 0 Å². The molecular weight excluding hydrogens is 376 g/mol. The van der Waals surface area contributed by atoms with Gasteiger partial charge >= 0.3 is 0 Å². The average molecular weight is 407 g/mol. The normalized spacial score (nSPS) is 29.0. The summed E-state index contributed by atoms with van der Waals surface area (Å²) < 4.78 is 32.5. The van der Waals surface area contributed by atoms with Gasteiger partial charge < -0.3 is 10.1 Å². The fourth-order valence-electron chi connectivity index (χ4n) is 5.24. The fourth-order valence-corrected chi connectivity index (χ4v) is 6.67. The lowest BCUT2D eigenvalue weighted by molar-refractivity contribution is 0.0730. The summed E-state index contributed by atoms with van der Waals surface area (Å²) in [7, 11) is -3.61. The van der Waals surface area contributed by atoms with Gasteiger partial charge in [-0.3, -0.25) is 4.79 Å². The van der Waals surface area contributed by atoms with Crippen molar-refractivity contribution in [1.82, 2.24) is 9.62 Å². The zero-order chi connectivity index (χ0) is 19.9. The molecule has 1 aliphatic heterocycles. The second-order valence-corrected chi connectivity index (χ2v) is 10.5. The number of carbonyl (C=O) groups is 1. The third kappa shape index (κ3) is 3.72. The Hall–Kier alpha value is -1.44. The lowest BCUT2D eigenvalue weighted by Gasteiger charge is -2.29. The van der Waals surface area contributed by atoms with Crippen LogP contribution in [0.3, 0.4) is 0 Å². The number of carbonyl (C=O) groups excluding carboxylic acids is 1. The van der Waals surface area contributed by atoms with E-state index < -0.39 is 10.0 Å². The van der Waals surface area contributed by atoms with E-state index in [2.05, 4.69) is 12.2 Å². The summed E-state index contributed by atoms with van der Waals surface area (Å²) in [5, 5.41) is 3.15. The number of fused-ring (bicyclic) bond motifs is 2. The van der Waals surface area contributed by atoms with Gasteiger partial charge in [0.2, 0.25) is 10.0 Å². The van der Waals surface area contributed by atoms with Crippen molar-refractivity contribution in [2.24, 2.45) is 17.8 Å². The highest BCUT2D eigenvalue weighted by atomic mass is 32.2. The van der Waals surface area contributed by atoms with Crippen LogP contribution in [-0.2, 0) is 14.8 Å². The SMILES string of the molecule is Cc1ccc(S(=O)(=O)N2CCOCC2)cc1C(=O)N[C@H](C)[C@@H]1C[C@H]2CC[C@H]1C2. The van der Waals surface area contributed by atoms with Crippen LogP contribution in [0, 0.1) is 24.7 Å². The number of rotatable bonds is 5. The van der Waals surface area contributed by atoms with Crippen LogP contribution < -0.4 is 5.32 Å². The van der Waals surface area contributed by atoms with E-state index in [1.54, 1.807) is 12.1 Å². The highest BCUT2D eigenvalue weighted by molar-refractivity contribution is 7.89. The number of hydrogen-bond acceptors (Lipinski definition) is 4. The standard InChI is InChI=1S/C21H30N2O4S/c1-14-3-6-18(28(25,26)23-7-9-27-10-8-23)13-19(14)21(24)22-15(2)20-12-16-4-5-17(20)11-16/h3,6,13,15-17,20H,4-5,7-12H2,1-2H3,(H,22,24)/t15-,16+,17+,20+/m1/s1. The van der Waals surface area contributed by atoms with Crippen molar-refractivity contribution in [3.63, 3.8) is 0 Å². The molecule has 6 nitrogen and oxygen atoms in total. The van der Waals surface area contributed by atoms with E-state index in [9.17, 15) is 13.2 Å². The number of sulfonamides is 1. The summed E-state index contributed by atoms with van der Waals surface area (Å²) in [4.78, 5) is 13.1. The van der Waals surface area contributed by atoms with Crippen LogP contribution in [0.25, 0.3) is 0 Å². The first-order chi connectivity index (χ1) is 13.4. The van der Waals surface area contributed by atoms with Gasteiger partial charge in [-0.15, -0.1) is 0 Å². The van der Waals surface area contributed by atoms with Crippen LogP contribution in [0.2, 0.25) is 0 Å². The average Bonchev–Trinajstić information content (AvgIpc) is 3.32. The Bertz CT molecular complexity index is 848. The lowest BCUT2D eigenvalue weighted by atomic mass is 9.84. The molecule has 154 valence electrons. The van der Waals surface area contributed by atoms with E-state index in [4.69, 9.17) is 4.74 Å². The smallest absolute Gasteiger partial charge is 0.251 e. The van der Waals surface area contributed by atoms with Crippen molar-refractivity contribution >= 4 is 15.9 Å². The molecule has 4 rings (SSSR count). The zero-order valence-electron chi connectivity index (χ0n) is 16.7. The summed E-state index contributed by atoms with van der Waals surface area (Å²) >= 11 is 0. The molecule has 1 saturated heterocycles. The summed E-state index contributed by atoms with van der Waals surface area (Å²) in [6.45, 7) is 5.44. The Morgan fingerprint density at radius 1 is 1.21 bits per heavy atom. The molecule has 1 aromatic carbocycles. The van der Waals surface area contributed by atoms with E-state index >= 15 is 0 Å². The minimum atomic E-state index is -3.61. The first-order valence-corrected chi connectivity index (χ1v) is 11.8. The van der Waals surface area contributed by atoms with Gasteiger partial charge in [0.15, 0.2) is 0 Å². The Balaban J connectivity index is 1.51. The van der Waals surface area contributed by atoms with E-state index in [0.29, 0.717) is 37.8 Å². The number of nitrogens with zero attached hydrogens (tertiary/aromatic N) is 1. The first-order valence-electron chi connectivity index (χ1n) is 10.4. The summed E-state index contributed by atoms with van der Waals surface area (Å²) in [6.07, 6.45) is 5.12. The molecule has 2 bridgehead atoms. The number of aryl methyl sites for hydroxylation is 1. The lowest BCUT2D eigenvalue weighted by Crippen LogP contribution is -2.41. The molecule has 0 radical (unpaired) electrons. The second kappa shape index (κ2) is 7.76. The van der Waals surface area contributed by atoms with Gasteiger partial charge in [0.1, 0.15) is 0 Å². The quantitative estimate of drug-likeness (QED) is 0.815. The van der Waals surface area contributed by atoms with Crippen LogP contribution in [0.4, 0.5) is 0 Å². The van der Waals surface area contributed by atoms with Crippen molar-refractivity contribution in [3.8, 4) is 0 Å². The maximum atomic E-state index is 13.0.